The summed E-state index contributed by atoms with van der Waals surface area (Å²) < 4.78 is 5.65. The Morgan fingerprint density at radius 2 is 1.95 bits per heavy atom. The van der Waals surface area contributed by atoms with Crippen LogP contribution in [0.15, 0.2) is 30.6 Å². The van der Waals surface area contributed by atoms with Gasteiger partial charge in [0.1, 0.15) is 5.75 Å². The Hall–Kier alpha value is -1.65. The maximum atomic E-state index is 6.08. The van der Waals surface area contributed by atoms with E-state index in [1.807, 2.05) is 25.1 Å². The van der Waals surface area contributed by atoms with Crippen molar-refractivity contribution < 1.29 is 4.74 Å². The molecule has 2 N–H and O–H groups in total. The fourth-order valence-electron chi connectivity index (χ4n) is 1.94. The first kappa shape index (κ1) is 15.7. The lowest BCUT2D eigenvalue weighted by atomic mass is 10.1. The highest BCUT2D eigenvalue weighted by Crippen LogP contribution is 2.25. The maximum absolute atomic E-state index is 6.08. The van der Waals surface area contributed by atoms with E-state index in [4.69, 9.17) is 22.1 Å². The van der Waals surface area contributed by atoms with Gasteiger partial charge >= 0.3 is 6.01 Å². The van der Waals surface area contributed by atoms with Gasteiger partial charge in [0.25, 0.3) is 0 Å². The molecule has 2 aromatic rings. The summed E-state index contributed by atoms with van der Waals surface area (Å²) in [4.78, 5) is 8.43. The Morgan fingerprint density at radius 1 is 1.24 bits per heavy atom. The van der Waals surface area contributed by atoms with Gasteiger partial charge in [-0.3, -0.25) is 0 Å². The number of nitrogens with zero attached hydrogens (tertiary/aromatic N) is 2. The van der Waals surface area contributed by atoms with Gasteiger partial charge < -0.3 is 10.5 Å². The summed E-state index contributed by atoms with van der Waals surface area (Å²) >= 11 is 6.08. The number of halogens is 1. The molecule has 0 fully saturated rings. The zero-order chi connectivity index (χ0) is 15.2. The summed E-state index contributed by atoms with van der Waals surface area (Å²) in [5, 5.41) is 0.745. The number of aryl methyl sites for hydroxylation is 1. The molecular weight excluding hydrogens is 286 g/mol. The van der Waals surface area contributed by atoms with Gasteiger partial charge in [-0.2, -0.15) is 0 Å². The predicted octanol–water partition coefficient (Wildman–Crippen LogP) is 3.76. The standard InChI is InChI=1S/C16H20ClN3O/c1-3-12-8-14(5-6-15(12)17)21-16-19-9-11(10-20-16)7-13(18)4-2/h5-6,8-10,13H,3-4,7,18H2,1-2H3. The second kappa shape index (κ2) is 7.38. The topological polar surface area (TPSA) is 61.0 Å². The quantitative estimate of drug-likeness (QED) is 0.882. The third-order valence-corrected chi connectivity index (χ3v) is 3.68. The fourth-order valence-corrected chi connectivity index (χ4v) is 2.19. The lowest BCUT2D eigenvalue weighted by Gasteiger charge is -2.09. The molecule has 112 valence electrons. The van der Waals surface area contributed by atoms with Crippen LogP contribution in [0.3, 0.4) is 0 Å². The van der Waals surface area contributed by atoms with Gasteiger partial charge in [0, 0.05) is 23.5 Å². The molecule has 0 bridgehead atoms. The molecule has 0 spiro atoms. The number of hydrogen-bond acceptors (Lipinski definition) is 4. The van der Waals surface area contributed by atoms with Crippen molar-refractivity contribution in [3.8, 4) is 11.8 Å². The largest absolute Gasteiger partial charge is 0.424 e. The summed E-state index contributed by atoms with van der Waals surface area (Å²) in [6.07, 6.45) is 6.08. The van der Waals surface area contributed by atoms with Crippen LogP contribution < -0.4 is 10.5 Å². The molecule has 1 unspecified atom stereocenters. The molecule has 5 heteroatoms. The molecule has 0 saturated heterocycles. The average Bonchev–Trinajstić information content (AvgIpc) is 2.51. The number of aromatic nitrogens is 2. The summed E-state index contributed by atoms with van der Waals surface area (Å²) in [6, 6.07) is 6.01. The van der Waals surface area contributed by atoms with Crippen LogP contribution in [0, 0.1) is 0 Å². The van der Waals surface area contributed by atoms with Crippen molar-refractivity contribution in [2.45, 2.75) is 39.2 Å². The molecule has 0 radical (unpaired) electrons. The third kappa shape index (κ3) is 4.41. The van der Waals surface area contributed by atoms with E-state index in [-0.39, 0.29) is 6.04 Å². The van der Waals surface area contributed by atoms with Crippen molar-refractivity contribution in [2.75, 3.05) is 0 Å². The molecule has 1 heterocycles. The normalized spacial score (nSPS) is 12.2. The molecule has 1 atom stereocenters. The van der Waals surface area contributed by atoms with Gasteiger partial charge in [0.05, 0.1) is 0 Å². The minimum atomic E-state index is 0.142. The fraction of sp³-hybridized carbons (Fsp3) is 0.375. The highest BCUT2D eigenvalue weighted by Gasteiger charge is 2.06. The van der Waals surface area contributed by atoms with E-state index in [1.165, 1.54) is 0 Å². The van der Waals surface area contributed by atoms with Crippen LogP contribution in [0.5, 0.6) is 11.8 Å². The molecule has 21 heavy (non-hydrogen) atoms. The molecule has 4 nitrogen and oxygen atoms in total. The molecular formula is C16H20ClN3O. The SMILES string of the molecule is CCc1cc(Oc2ncc(CC(N)CC)cn2)ccc1Cl. The Morgan fingerprint density at radius 3 is 2.57 bits per heavy atom. The van der Waals surface area contributed by atoms with Gasteiger partial charge in [-0.15, -0.1) is 0 Å². The summed E-state index contributed by atoms with van der Waals surface area (Å²) in [6.45, 7) is 4.11. The van der Waals surface area contributed by atoms with E-state index < -0.39 is 0 Å². The minimum absolute atomic E-state index is 0.142. The molecule has 0 aliphatic carbocycles. The molecule has 0 amide bonds. The molecule has 2 rings (SSSR count). The van der Waals surface area contributed by atoms with E-state index in [2.05, 4.69) is 16.9 Å². The Kier molecular flexibility index (Phi) is 5.53. The van der Waals surface area contributed by atoms with Crippen LogP contribution in [0.1, 0.15) is 31.4 Å². The van der Waals surface area contributed by atoms with E-state index in [9.17, 15) is 0 Å². The lowest BCUT2D eigenvalue weighted by molar-refractivity contribution is 0.440. The van der Waals surface area contributed by atoms with Gasteiger partial charge in [0.2, 0.25) is 0 Å². The minimum Gasteiger partial charge on any atom is -0.424 e. The van der Waals surface area contributed by atoms with Crippen LogP contribution in [0.25, 0.3) is 0 Å². The number of benzene rings is 1. The van der Waals surface area contributed by atoms with Crippen LogP contribution in [0.4, 0.5) is 0 Å². The van der Waals surface area contributed by atoms with Crippen molar-refractivity contribution in [3.05, 3.63) is 46.7 Å². The summed E-state index contributed by atoms with van der Waals surface area (Å²) in [5.74, 6) is 0.689. The van der Waals surface area contributed by atoms with Gasteiger partial charge in [-0.25, -0.2) is 9.97 Å². The average molecular weight is 306 g/mol. The summed E-state index contributed by atoms with van der Waals surface area (Å²) in [5.41, 5.74) is 7.97. The van der Waals surface area contributed by atoms with Crippen molar-refractivity contribution in [1.82, 2.24) is 9.97 Å². The lowest BCUT2D eigenvalue weighted by Crippen LogP contribution is -2.21. The summed E-state index contributed by atoms with van der Waals surface area (Å²) in [7, 11) is 0. The van der Waals surface area contributed by atoms with E-state index in [0.717, 1.165) is 35.4 Å². The predicted molar refractivity (Wildman–Crippen MR) is 84.9 cm³/mol. The van der Waals surface area contributed by atoms with Crippen molar-refractivity contribution in [1.29, 1.82) is 0 Å². The number of hydrogen-bond donors (Lipinski definition) is 1. The second-order valence-electron chi connectivity index (χ2n) is 4.96. The van der Waals surface area contributed by atoms with E-state index in [0.29, 0.717) is 11.8 Å². The van der Waals surface area contributed by atoms with Crippen LogP contribution in [-0.4, -0.2) is 16.0 Å². The van der Waals surface area contributed by atoms with Gasteiger partial charge in [-0.05, 0) is 48.6 Å². The van der Waals surface area contributed by atoms with Crippen molar-refractivity contribution in [2.24, 2.45) is 5.73 Å². The second-order valence-corrected chi connectivity index (χ2v) is 5.36. The zero-order valence-electron chi connectivity index (χ0n) is 12.3. The van der Waals surface area contributed by atoms with Crippen molar-refractivity contribution in [3.63, 3.8) is 0 Å². The van der Waals surface area contributed by atoms with Crippen LogP contribution in [-0.2, 0) is 12.8 Å². The molecule has 1 aromatic heterocycles. The Labute approximate surface area is 130 Å². The Balaban J connectivity index is 2.06. The number of rotatable bonds is 6. The van der Waals surface area contributed by atoms with Crippen LogP contribution >= 0.6 is 11.6 Å². The van der Waals surface area contributed by atoms with E-state index in [1.54, 1.807) is 12.4 Å². The molecule has 0 saturated carbocycles. The number of nitrogens with two attached hydrogens (primary N) is 1. The highest BCUT2D eigenvalue weighted by atomic mass is 35.5. The molecule has 0 aliphatic rings. The molecule has 1 aromatic carbocycles. The smallest absolute Gasteiger partial charge is 0.321 e. The third-order valence-electron chi connectivity index (χ3n) is 3.31. The van der Waals surface area contributed by atoms with Gasteiger partial charge in [-0.1, -0.05) is 25.4 Å². The van der Waals surface area contributed by atoms with Gasteiger partial charge in [0.15, 0.2) is 0 Å². The monoisotopic (exact) mass is 305 g/mol. The van der Waals surface area contributed by atoms with E-state index >= 15 is 0 Å². The highest BCUT2D eigenvalue weighted by molar-refractivity contribution is 6.31. The number of ether oxygens (including phenoxy) is 1. The first-order chi connectivity index (χ1) is 10.1. The zero-order valence-corrected chi connectivity index (χ0v) is 13.1. The van der Waals surface area contributed by atoms with Crippen molar-refractivity contribution >= 4 is 11.6 Å². The first-order valence-corrected chi connectivity index (χ1v) is 7.53. The molecule has 0 aliphatic heterocycles. The maximum Gasteiger partial charge on any atom is 0.321 e. The first-order valence-electron chi connectivity index (χ1n) is 7.15. The van der Waals surface area contributed by atoms with Crippen LogP contribution in [0.2, 0.25) is 5.02 Å². The Bertz CT molecular complexity index is 587.